The van der Waals surface area contributed by atoms with Crippen LogP contribution in [0.15, 0.2) is 24.4 Å². The summed E-state index contributed by atoms with van der Waals surface area (Å²) >= 11 is 0. The maximum atomic E-state index is 13.3. The van der Waals surface area contributed by atoms with E-state index in [-0.39, 0.29) is 23.7 Å². The van der Waals surface area contributed by atoms with Crippen LogP contribution in [-0.4, -0.2) is 61.6 Å². The minimum Gasteiger partial charge on any atom is -0.494 e. The molecule has 3 heterocycles. The van der Waals surface area contributed by atoms with Crippen LogP contribution in [0.25, 0.3) is 0 Å². The van der Waals surface area contributed by atoms with Crippen LogP contribution in [0.5, 0.6) is 5.75 Å². The van der Waals surface area contributed by atoms with Crippen LogP contribution in [-0.2, 0) is 9.59 Å². The lowest BCUT2D eigenvalue weighted by molar-refractivity contribution is -0.122. The lowest BCUT2D eigenvalue weighted by Crippen LogP contribution is -2.40. The Bertz CT molecular complexity index is 1190. The Morgan fingerprint density at radius 3 is 2.59 bits per heavy atom. The second kappa shape index (κ2) is 11.7. The summed E-state index contributed by atoms with van der Waals surface area (Å²) in [5.74, 6) is 1.81. The van der Waals surface area contributed by atoms with E-state index in [2.05, 4.69) is 27.0 Å². The third-order valence-electron chi connectivity index (χ3n) is 8.58. The predicted octanol–water partition coefficient (Wildman–Crippen LogP) is 4.07. The smallest absolute Gasteiger partial charge is 0.231 e. The maximum absolute atomic E-state index is 13.3. The summed E-state index contributed by atoms with van der Waals surface area (Å²) < 4.78 is 5.73. The number of nitrogens with one attached hydrogen (secondary N) is 1. The summed E-state index contributed by atoms with van der Waals surface area (Å²) in [6.45, 7) is 4.38. The fourth-order valence-electron chi connectivity index (χ4n) is 6.29. The van der Waals surface area contributed by atoms with Crippen LogP contribution < -0.4 is 30.5 Å². The zero-order valence-corrected chi connectivity index (χ0v) is 23.4. The average molecular weight is 536 g/mol. The van der Waals surface area contributed by atoms with E-state index in [1.807, 2.05) is 25.2 Å². The van der Waals surface area contributed by atoms with Crippen molar-refractivity contribution in [1.82, 2.24) is 9.97 Å². The number of piperidine rings is 1. The Morgan fingerprint density at radius 2 is 1.92 bits per heavy atom. The number of aromatic nitrogens is 2. The molecule has 2 fully saturated rings. The molecule has 39 heavy (non-hydrogen) atoms. The van der Waals surface area contributed by atoms with Crippen LogP contribution in [0.4, 0.5) is 28.8 Å². The van der Waals surface area contributed by atoms with Gasteiger partial charge in [0.1, 0.15) is 11.4 Å². The lowest BCUT2D eigenvalue weighted by Gasteiger charge is -2.32. The van der Waals surface area contributed by atoms with E-state index in [0.29, 0.717) is 24.3 Å². The highest BCUT2D eigenvalue weighted by molar-refractivity contribution is 5.99. The van der Waals surface area contributed by atoms with Gasteiger partial charge in [0.15, 0.2) is 5.82 Å². The van der Waals surface area contributed by atoms with Gasteiger partial charge < -0.3 is 30.5 Å². The second-order valence-electron chi connectivity index (χ2n) is 11.0. The van der Waals surface area contributed by atoms with E-state index in [4.69, 9.17) is 15.5 Å². The number of amides is 2. The van der Waals surface area contributed by atoms with E-state index < -0.39 is 0 Å². The van der Waals surface area contributed by atoms with Crippen molar-refractivity contribution in [2.24, 2.45) is 17.6 Å². The third kappa shape index (κ3) is 5.60. The molecule has 3 aliphatic rings. The van der Waals surface area contributed by atoms with E-state index in [1.54, 1.807) is 18.2 Å². The first kappa shape index (κ1) is 27.0. The molecule has 2 amide bonds. The van der Waals surface area contributed by atoms with Crippen LogP contribution >= 0.6 is 0 Å². The number of ether oxygens (including phenoxy) is 1. The van der Waals surface area contributed by atoms with Crippen molar-refractivity contribution in [3.05, 3.63) is 24.4 Å². The second-order valence-corrected chi connectivity index (χ2v) is 11.0. The molecule has 0 radical (unpaired) electrons. The molecule has 5 rings (SSSR count). The number of methoxy groups -OCH3 is 1. The van der Waals surface area contributed by atoms with Crippen molar-refractivity contribution in [3.63, 3.8) is 0 Å². The number of hydrogen-bond donors (Lipinski definition) is 2. The molecule has 10 nitrogen and oxygen atoms in total. The lowest BCUT2D eigenvalue weighted by atomic mass is 9.96. The van der Waals surface area contributed by atoms with E-state index in [0.717, 1.165) is 74.5 Å². The van der Waals surface area contributed by atoms with Crippen molar-refractivity contribution in [1.29, 1.82) is 0 Å². The fraction of sp³-hybridized carbons (Fsp3) is 0.586. The molecule has 210 valence electrons. The molecule has 1 aromatic heterocycles. The minimum absolute atomic E-state index is 0.0492. The highest BCUT2D eigenvalue weighted by Gasteiger charge is 2.36. The highest BCUT2D eigenvalue weighted by Crippen LogP contribution is 2.39. The van der Waals surface area contributed by atoms with Gasteiger partial charge in [-0.25, -0.2) is 4.98 Å². The SMILES string of the molecule is CCC[C@H]1CN(C2CCCC2)c2nc(Nc3ccc(N4CCC(C(N)=O)CC4)cc3OC)ncc2N(C)C1=O. The van der Waals surface area contributed by atoms with Crippen molar-refractivity contribution < 1.29 is 14.3 Å². The fourth-order valence-corrected chi connectivity index (χ4v) is 6.29. The molecule has 10 heteroatoms. The Labute approximate surface area is 230 Å². The molecule has 1 saturated carbocycles. The molecule has 1 atom stereocenters. The molecule has 0 bridgehead atoms. The van der Waals surface area contributed by atoms with Gasteiger partial charge in [0, 0.05) is 50.4 Å². The Kier molecular flexibility index (Phi) is 8.09. The van der Waals surface area contributed by atoms with Crippen LogP contribution in [0, 0.1) is 11.8 Å². The van der Waals surface area contributed by atoms with E-state index in [9.17, 15) is 9.59 Å². The average Bonchev–Trinajstić information content (AvgIpc) is 3.46. The van der Waals surface area contributed by atoms with Gasteiger partial charge >= 0.3 is 0 Å². The third-order valence-corrected chi connectivity index (χ3v) is 8.58. The first-order valence-corrected chi connectivity index (χ1v) is 14.3. The number of benzene rings is 1. The number of nitrogens with two attached hydrogens (primary N) is 1. The van der Waals surface area contributed by atoms with Crippen molar-refractivity contribution in [3.8, 4) is 5.75 Å². The maximum Gasteiger partial charge on any atom is 0.231 e. The van der Waals surface area contributed by atoms with Gasteiger partial charge in [-0.3, -0.25) is 9.59 Å². The quantitative estimate of drug-likeness (QED) is 0.520. The molecule has 3 N–H and O–H groups in total. The van der Waals surface area contributed by atoms with Crippen LogP contribution in [0.2, 0.25) is 0 Å². The molecule has 0 unspecified atom stereocenters. The molecule has 1 aromatic carbocycles. The summed E-state index contributed by atoms with van der Waals surface area (Å²) in [5.41, 5.74) is 8.07. The molecule has 2 aliphatic heterocycles. The van der Waals surface area contributed by atoms with Crippen LogP contribution in [0.3, 0.4) is 0 Å². The van der Waals surface area contributed by atoms with Crippen LogP contribution in [0.1, 0.15) is 58.3 Å². The minimum atomic E-state index is -0.213. The topological polar surface area (TPSA) is 117 Å². The van der Waals surface area contributed by atoms with E-state index >= 15 is 0 Å². The highest BCUT2D eigenvalue weighted by atomic mass is 16.5. The number of primary amides is 1. The molecule has 1 saturated heterocycles. The van der Waals surface area contributed by atoms with E-state index in [1.165, 1.54) is 12.8 Å². The zero-order valence-electron chi connectivity index (χ0n) is 23.4. The molecular weight excluding hydrogens is 494 g/mol. The number of fused-ring (bicyclic) bond motifs is 1. The number of carbonyl (C=O) groups is 2. The number of anilines is 5. The van der Waals surface area contributed by atoms with Crippen molar-refractivity contribution in [2.45, 2.75) is 64.3 Å². The Morgan fingerprint density at radius 1 is 1.18 bits per heavy atom. The monoisotopic (exact) mass is 535 g/mol. The zero-order chi connectivity index (χ0) is 27.5. The summed E-state index contributed by atoms with van der Waals surface area (Å²) in [6, 6.07) is 6.41. The van der Waals surface area contributed by atoms with Gasteiger partial charge in [0.25, 0.3) is 0 Å². The van der Waals surface area contributed by atoms with Gasteiger partial charge in [0.05, 0.1) is 24.9 Å². The van der Waals surface area contributed by atoms with Crippen molar-refractivity contribution in [2.75, 3.05) is 53.8 Å². The standard InChI is InChI=1S/C29H41N7O3/c1-4-7-20-18-36(21-8-5-6-9-21)27-24(34(2)28(20)38)17-31-29(33-27)32-23-11-10-22(16-25(23)39-3)35-14-12-19(13-15-35)26(30)37/h10-11,16-17,19-21H,4-9,12-15,18H2,1-3H3,(H2,30,37)(H,31,32,33)/t20-/m0/s1. The van der Waals surface area contributed by atoms with Crippen molar-refractivity contribution >= 4 is 40.6 Å². The summed E-state index contributed by atoms with van der Waals surface area (Å²) in [7, 11) is 3.49. The predicted molar refractivity (Wildman–Crippen MR) is 154 cm³/mol. The number of rotatable bonds is 8. The normalized spacial score (nSPS) is 20.6. The summed E-state index contributed by atoms with van der Waals surface area (Å²) in [6.07, 6.45) is 9.77. The number of hydrogen-bond acceptors (Lipinski definition) is 8. The van der Waals surface area contributed by atoms with Gasteiger partial charge in [0.2, 0.25) is 17.8 Å². The molecule has 1 aliphatic carbocycles. The number of nitrogens with zero attached hydrogens (tertiary/aromatic N) is 5. The molecule has 0 spiro atoms. The van der Waals surface area contributed by atoms with Gasteiger partial charge in [-0.1, -0.05) is 26.2 Å². The Hall–Kier alpha value is -3.56. The first-order valence-electron chi connectivity index (χ1n) is 14.3. The Balaban J connectivity index is 1.40. The largest absolute Gasteiger partial charge is 0.494 e. The van der Waals surface area contributed by atoms with Gasteiger partial charge in [-0.15, -0.1) is 0 Å². The molecule has 2 aromatic rings. The first-order chi connectivity index (χ1) is 18.9. The van der Waals surface area contributed by atoms with Gasteiger partial charge in [-0.05, 0) is 44.2 Å². The molecular formula is C29H41N7O3. The number of carbonyl (C=O) groups excluding carboxylic acids is 2. The van der Waals surface area contributed by atoms with Gasteiger partial charge in [-0.2, -0.15) is 4.98 Å². The summed E-state index contributed by atoms with van der Waals surface area (Å²) in [5, 5.41) is 3.36. The summed E-state index contributed by atoms with van der Waals surface area (Å²) in [4.78, 5) is 40.8.